The molecule has 5 N–H and O–H groups in total. The molecule has 43 heavy (non-hydrogen) atoms. The molecule has 2 aliphatic heterocycles. The number of amides is 1. The smallest absolute Gasteiger partial charge is 0.407 e. The van der Waals surface area contributed by atoms with Crippen LogP contribution in [0.25, 0.3) is 0 Å². The average molecular weight is 643 g/mol. The van der Waals surface area contributed by atoms with Crippen molar-refractivity contribution in [2.45, 2.75) is 75.9 Å². The molecule has 2 aromatic rings. The summed E-state index contributed by atoms with van der Waals surface area (Å²) in [5.74, 6) is 0. The first-order valence-corrected chi connectivity index (χ1v) is 16.4. The molecule has 14 heteroatoms. The first-order chi connectivity index (χ1) is 19.1. The van der Waals surface area contributed by atoms with Crippen molar-refractivity contribution in [2.75, 3.05) is 50.1 Å². The van der Waals surface area contributed by atoms with Crippen LogP contribution in [0.4, 0.5) is 16.2 Å². The van der Waals surface area contributed by atoms with Crippen LogP contribution in [0.2, 0.25) is 0 Å². The highest BCUT2D eigenvalue weighted by Crippen LogP contribution is 2.23. The fourth-order valence-corrected chi connectivity index (χ4v) is 5.98. The summed E-state index contributed by atoms with van der Waals surface area (Å²) < 4.78 is 56.4. The Hall–Kier alpha value is -2.91. The van der Waals surface area contributed by atoms with Crippen LogP contribution in [0.1, 0.15) is 48.5 Å². The van der Waals surface area contributed by atoms with E-state index >= 15 is 0 Å². The Bertz CT molecular complexity index is 1380. The van der Waals surface area contributed by atoms with Crippen molar-refractivity contribution in [1.82, 2.24) is 14.8 Å². The third-order valence-electron chi connectivity index (χ3n) is 6.70. The molecule has 0 unspecified atom stereocenters. The Kier molecular flexibility index (Phi) is 13.9. The fraction of sp³-hybridized carbons (Fsp3) is 0.552. The summed E-state index contributed by atoms with van der Waals surface area (Å²) in [5.41, 5.74) is 7.27. The van der Waals surface area contributed by atoms with Gasteiger partial charge in [0.25, 0.3) is 0 Å². The van der Waals surface area contributed by atoms with Crippen LogP contribution in [0, 0.1) is 0 Å². The standard InChI is InChI=1S/C16H25N3O4S.C11H17N3O2S.2CH4/c1-16(2,3)23-15(20)18-12-9-10-19(11-12)13-5-7-14(8-6-13)24(21,22)17-4;1-13-17(15,16)11-4-2-10(3-5-11)14-7-6-9(12)8-14;;/h5-8,12,17H,9-11H2,1-4H3,(H,18,20);2-5,9,13H,6-8,12H2,1H3;2*1H4/t12-;9-;;/m00../s1. The van der Waals surface area contributed by atoms with Gasteiger partial charge in [-0.15, -0.1) is 0 Å². The van der Waals surface area contributed by atoms with Crippen LogP contribution in [-0.2, 0) is 24.8 Å². The topological polar surface area (TPSA) is 163 Å². The van der Waals surface area contributed by atoms with Crippen LogP contribution < -0.4 is 30.3 Å². The lowest BCUT2D eigenvalue weighted by molar-refractivity contribution is 0.0509. The molecule has 244 valence electrons. The summed E-state index contributed by atoms with van der Waals surface area (Å²) in [4.78, 5) is 16.6. The fourth-order valence-electron chi connectivity index (χ4n) is 4.52. The molecule has 2 fully saturated rings. The summed E-state index contributed by atoms with van der Waals surface area (Å²) in [5, 5.41) is 2.87. The van der Waals surface area contributed by atoms with E-state index < -0.39 is 31.7 Å². The van der Waals surface area contributed by atoms with E-state index in [1.165, 1.54) is 14.1 Å². The highest BCUT2D eigenvalue weighted by Gasteiger charge is 2.26. The number of nitrogens with one attached hydrogen (secondary N) is 3. The lowest BCUT2D eigenvalue weighted by Gasteiger charge is -2.22. The van der Waals surface area contributed by atoms with E-state index in [-0.39, 0.29) is 36.7 Å². The van der Waals surface area contributed by atoms with Crippen molar-refractivity contribution in [3.63, 3.8) is 0 Å². The second kappa shape index (κ2) is 15.7. The van der Waals surface area contributed by atoms with Gasteiger partial charge in [0.15, 0.2) is 0 Å². The quantitative estimate of drug-likeness (QED) is 0.355. The number of benzene rings is 2. The zero-order valence-electron chi connectivity index (χ0n) is 24.3. The predicted octanol–water partition coefficient (Wildman–Crippen LogP) is 3.10. The third kappa shape index (κ3) is 10.9. The number of anilines is 2. The van der Waals surface area contributed by atoms with E-state index in [2.05, 4.69) is 24.6 Å². The van der Waals surface area contributed by atoms with Crippen molar-refractivity contribution < 1.29 is 26.4 Å². The predicted molar refractivity (Wildman–Crippen MR) is 174 cm³/mol. The number of rotatable bonds is 7. The van der Waals surface area contributed by atoms with Crippen molar-refractivity contribution in [3.05, 3.63) is 48.5 Å². The van der Waals surface area contributed by atoms with E-state index in [1.54, 1.807) is 36.4 Å². The Morgan fingerprint density at radius 1 is 0.791 bits per heavy atom. The van der Waals surface area contributed by atoms with E-state index in [4.69, 9.17) is 10.5 Å². The third-order valence-corrected chi connectivity index (χ3v) is 9.56. The molecular weight excluding hydrogens is 592 g/mol. The SMILES string of the molecule is C.C.CNS(=O)(=O)c1ccc(N2CC[C@H](N)C2)cc1.CNS(=O)(=O)c1ccc(N2CC[C@H](NC(=O)OC(C)(C)C)C2)cc1. The number of hydrogen-bond acceptors (Lipinski definition) is 9. The minimum Gasteiger partial charge on any atom is -0.444 e. The molecule has 2 heterocycles. The number of ether oxygens (including phenoxy) is 1. The molecule has 2 aromatic carbocycles. The number of carbonyl (C=O) groups excluding carboxylic acids is 1. The van der Waals surface area contributed by atoms with Gasteiger partial charge in [0.1, 0.15) is 5.60 Å². The average Bonchev–Trinajstić information content (AvgIpc) is 3.57. The molecule has 0 spiro atoms. The second-order valence-electron chi connectivity index (χ2n) is 11.0. The molecule has 4 rings (SSSR count). The summed E-state index contributed by atoms with van der Waals surface area (Å²) in [6.45, 7) is 8.70. The summed E-state index contributed by atoms with van der Waals surface area (Å²) in [7, 11) is -3.98. The zero-order chi connectivity index (χ0) is 30.4. The van der Waals surface area contributed by atoms with E-state index in [9.17, 15) is 21.6 Å². The molecule has 0 aliphatic carbocycles. The monoisotopic (exact) mass is 642 g/mol. The van der Waals surface area contributed by atoms with E-state index in [0.29, 0.717) is 6.54 Å². The molecule has 2 atom stereocenters. The molecule has 0 aromatic heterocycles. The Morgan fingerprint density at radius 3 is 1.58 bits per heavy atom. The Labute approximate surface area is 258 Å². The van der Waals surface area contributed by atoms with Gasteiger partial charge in [-0.1, -0.05) is 14.9 Å². The van der Waals surface area contributed by atoms with Crippen LogP contribution >= 0.6 is 0 Å². The molecule has 0 bridgehead atoms. The van der Waals surface area contributed by atoms with Gasteiger partial charge < -0.3 is 25.6 Å². The van der Waals surface area contributed by atoms with Crippen molar-refractivity contribution in [1.29, 1.82) is 0 Å². The first kappa shape index (κ1) is 38.1. The number of carbonyl (C=O) groups is 1. The lowest BCUT2D eigenvalue weighted by atomic mass is 10.2. The van der Waals surface area contributed by atoms with Crippen LogP contribution in [0.5, 0.6) is 0 Å². The molecule has 0 saturated carbocycles. The lowest BCUT2D eigenvalue weighted by Crippen LogP contribution is -2.40. The highest BCUT2D eigenvalue weighted by atomic mass is 32.2. The molecule has 2 aliphatic rings. The van der Waals surface area contributed by atoms with Gasteiger partial charge in [-0.3, -0.25) is 0 Å². The van der Waals surface area contributed by atoms with Crippen molar-refractivity contribution in [3.8, 4) is 0 Å². The minimum atomic E-state index is -3.42. The number of sulfonamides is 2. The van der Waals surface area contributed by atoms with Gasteiger partial charge in [-0.2, -0.15) is 0 Å². The minimum absolute atomic E-state index is 0. The Morgan fingerprint density at radius 2 is 1.21 bits per heavy atom. The van der Waals surface area contributed by atoms with Gasteiger partial charge in [0.2, 0.25) is 20.0 Å². The summed E-state index contributed by atoms with van der Waals surface area (Å²) in [6.07, 6.45) is 1.39. The van der Waals surface area contributed by atoms with E-state index in [0.717, 1.165) is 43.9 Å². The molecular formula is C29H50N6O6S2. The summed E-state index contributed by atoms with van der Waals surface area (Å²) in [6, 6.07) is 13.8. The van der Waals surface area contributed by atoms with Gasteiger partial charge in [-0.25, -0.2) is 31.1 Å². The highest BCUT2D eigenvalue weighted by molar-refractivity contribution is 7.89. The summed E-state index contributed by atoms with van der Waals surface area (Å²) >= 11 is 0. The maximum absolute atomic E-state index is 11.8. The molecule has 1 amide bonds. The number of nitrogens with zero attached hydrogens (tertiary/aromatic N) is 2. The van der Waals surface area contributed by atoms with Gasteiger partial charge >= 0.3 is 6.09 Å². The Balaban J connectivity index is 0.000000432. The molecule has 0 radical (unpaired) electrons. The van der Waals surface area contributed by atoms with Crippen LogP contribution in [0.3, 0.4) is 0 Å². The van der Waals surface area contributed by atoms with Crippen molar-refractivity contribution in [2.24, 2.45) is 5.73 Å². The number of alkyl carbamates (subject to hydrolysis) is 1. The van der Waals surface area contributed by atoms with Crippen LogP contribution in [-0.4, -0.2) is 80.9 Å². The number of nitrogens with two attached hydrogens (primary N) is 1. The van der Waals surface area contributed by atoms with Gasteiger partial charge in [0.05, 0.1) is 15.8 Å². The molecule has 2 saturated heterocycles. The van der Waals surface area contributed by atoms with Gasteiger partial charge in [0, 0.05) is 43.6 Å². The van der Waals surface area contributed by atoms with Gasteiger partial charge in [-0.05, 0) is 96.2 Å². The van der Waals surface area contributed by atoms with Crippen molar-refractivity contribution >= 4 is 37.5 Å². The maximum atomic E-state index is 11.8. The maximum Gasteiger partial charge on any atom is 0.407 e. The largest absolute Gasteiger partial charge is 0.444 e. The number of hydrogen-bond donors (Lipinski definition) is 4. The normalized spacial score (nSPS) is 18.6. The van der Waals surface area contributed by atoms with Crippen LogP contribution in [0.15, 0.2) is 58.3 Å². The second-order valence-corrected chi connectivity index (χ2v) is 14.7. The van der Waals surface area contributed by atoms with E-state index in [1.807, 2.05) is 32.9 Å². The molecule has 12 nitrogen and oxygen atoms in total. The zero-order valence-corrected chi connectivity index (χ0v) is 25.9. The first-order valence-electron chi connectivity index (χ1n) is 13.5.